The van der Waals surface area contributed by atoms with Crippen molar-refractivity contribution in [2.45, 2.75) is 70.3 Å². The Morgan fingerprint density at radius 1 is 0.938 bits per heavy atom. The van der Waals surface area contributed by atoms with Crippen molar-refractivity contribution in [3.05, 3.63) is 17.7 Å². The van der Waals surface area contributed by atoms with E-state index in [2.05, 4.69) is 0 Å². The Bertz CT molecular complexity index is 764. The van der Waals surface area contributed by atoms with Crippen LogP contribution in [0.25, 0.3) is 0 Å². The molecule has 0 N–H and O–H groups in total. The number of ether oxygens (including phenoxy) is 4. The lowest BCUT2D eigenvalue weighted by atomic mass is 9.75. The molecule has 7 heteroatoms. The van der Waals surface area contributed by atoms with E-state index in [4.69, 9.17) is 18.9 Å². The summed E-state index contributed by atoms with van der Waals surface area (Å²) in [6.45, 7) is 2.69. The van der Waals surface area contributed by atoms with E-state index < -0.39 is 6.04 Å². The minimum atomic E-state index is -0.510. The van der Waals surface area contributed by atoms with Crippen LogP contribution in [0.2, 0.25) is 0 Å². The SMILES string of the molecule is CCOC(=O)C1CCCCN1C(=O)C(c1cc(OC)c(OC)c(OC)c1)C1CCCCC1. The van der Waals surface area contributed by atoms with Gasteiger partial charge in [0.2, 0.25) is 11.7 Å². The monoisotopic (exact) mass is 447 g/mol. The maximum absolute atomic E-state index is 14.1. The molecular formula is C25H37NO6. The normalized spacial score (nSPS) is 20.4. The van der Waals surface area contributed by atoms with Gasteiger partial charge in [0.25, 0.3) is 0 Å². The zero-order valence-corrected chi connectivity index (χ0v) is 19.9. The number of nitrogens with zero attached hydrogens (tertiary/aromatic N) is 1. The number of rotatable bonds is 8. The predicted octanol–water partition coefficient (Wildman–Crippen LogP) is 4.32. The van der Waals surface area contributed by atoms with Gasteiger partial charge in [0.15, 0.2) is 11.5 Å². The fraction of sp³-hybridized carbons (Fsp3) is 0.680. The van der Waals surface area contributed by atoms with Crippen molar-refractivity contribution in [3.63, 3.8) is 0 Å². The summed E-state index contributed by atoms with van der Waals surface area (Å²) < 4.78 is 21.9. The first-order valence-electron chi connectivity index (χ1n) is 11.8. The van der Waals surface area contributed by atoms with Crippen LogP contribution in [0.15, 0.2) is 12.1 Å². The van der Waals surface area contributed by atoms with Crippen LogP contribution >= 0.6 is 0 Å². The summed E-state index contributed by atoms with van der Waals surface area (Å²) in [6.07, 6.45) is 7.87. The van der Waals surface area contributed by atoms with E-state index >= 15 is 0 Å². The third kappa shape index (κ3) is 5.13. The van der Waals surface area contributed by atoms with Crippen LogP contribution in [0.1, 0.15) is 69.8 Å². The summed E-state index contributed by atoms with van der Waals surface area (Å²) in [4.78, 5) is 28.5. The minimum Gasteiger partial charge on any atom is -0.493 e. The van der Waals surface area contributed by atoms with Gasteiger partial charge in [-0.15, -0.1) is 0 Å². The number of benzene rings is 1. The van der Waals surface area contributed by atoms with Gasteiger partial charge in [-0.2, -0.15) is 0 Å². The summed E-state index contributed by atoms with van der Waals surface area (Å²) in [5, 5.41) is 0. The Morgan fingerprint density at radius 3 is 2.12 bits per heavy atom. The number of carbonyl (C=O) groups is 2. The van der Waals surface area contributed by atoms with E-state index in [1.807, 2.05) is 12.1 Å². The second-order valence-corrected chi connectivity index (χ2v) is 8.63. The van der Waals surface area contributed by atoms with Crippen LogP contribution in [-0.4, -0.2) is 57.3 Å². The van der Waals surface area contributed by atoms with Crippen molar-refractivity contribution >= 4 is 11.9 Å². The smallest absolute Gasteiger partial charge is 0.328 e. The Hall–Kier alpha value is -2.44. The largest absolute Gasteiger partial charge is 0.493 e. The second kappa shape index (κ2) is 11.4. The molecule has 2 atom stereocenters. The first kappa shape index (κ1) is 24.2. The van der Waals surface area contributed by atoms with Gasteiger partial charge in [0, 0.05) is 6.54 Å². The minimum absolute atomic E-state index is 0.00364. The van der Waals surface area contributed by atoms with Crippen LogP contribution in [0.4, 0.5) is 0 Å². The van der Waals surface area contributed by atoms with Crippen molar-refractivity contribution in [2.75, 3.05) is 34.5 Å². The highest BCUT2D eigenvalue weighted by molar-refractivity contribution is 5.89. The topological polar surface area (TPSA) is 74.3 Å². The van der Waals surface area contributed by atoms with Crippen molar-refractivity contribution in [1.82, 2.24) is 4.90 Å². The van der Waals surface area contributed by atoms with Gasteiger partial charge >= 0.3 is 5.97 Å². The van der Waals surface area contributed by atoms with Crippen molar-refractivity contribution < 1.29 is 28.5 Å². The molecule has 0 bridgehead atoms. The highest BCUT2D eigenvalue weighted by atomic mass is 16.5. The second-order valence-electron chi connectivity index (χ2n) is 8.63. The Labute approximate surface area is 191 Å². The first-order chi connectivity index (χ1) is 15.5. The lowest BCUT2D eigenvalue weighted by Gasteiger charge is -2.39. The van der Waals surface area contributed by atoms with E-state index in [0.29, 0.717) is 36.8 Å². The molecule has 1 saturated carbocycles. The summed E-state index contributed by atoms with van der Waals surface area (Å²) >= 11 is 0. The number of carbonyl (C=O) groups excluding carboxylic acids is 2. The molecule has 2 fully saturated rings. The molecule has 1 aliphatic heterocycles. The molecule has 0 aromatic heterocycles. The molecule has 1 aliphatic carbocycles. The summed E-state index contributed by atoms with van der Waals surface area (Å²) in [5.74, 6) is 1.14. The number of methoxy groups -OCH3 is 3. The standard InChI is InChI=1S/C25H37NO6/c1-5-32-25(28)19-13-9-10-14-26(19)24(27)22(17-11-7-6-8-12-17)18-15-20(29-2)23(31-4)21(16-18)30-3/h15-17,19,22H,5-14H2,1-4H3. The van der Waals surface area contributed by atoms with Crippen LogP contribution in [0.3, 0.4) is 0 Å². The number of amides is 1. The molecule has 178 valence electrons. The average molecular weight is 448 g/mol. The third-order valence-corrected chi connectivity index (χ3v) is 6.78. The molecule has 0 radical (unpaired) electrons. The third-order valence-electron chi connectivity index (χ3n) is 6.78. The van der Waals surface area contributed by atoms with Gasteiger partial charge in [0.05, 0.1) is 33.9 Å². The van der Waals surface area contributed by atoms with Crippen LogP contribution < -0.4 is 14.2 Å². The first-order valence-corrected chi connectivity index (χ1v) is 11.8. The van der Waals surface area contributed by atoms with E-state index in [0.717, 1.165) is 44.1 Å². The van der Waals surface area contributed by atoms with E-state index in [-0.39, 0.29) is 23.7 Å². The zero-order chi connectivity index (χ0) is 23.1. The zero-order valence-electron chi connectivity index (χ0n) is 19.9. The number of hydrogen-bond donors (Lipinski definition) is 0. The summed E-state index contributed by atoms with van der Waals surface area (Å²) in [7, 11) is 4.74. The molecule has 1 aromatic carbocycles. The molecule has 0 spiro atoms. The van der Waals surface area contributed by atoms with E-state index in [1.54, 1.807) is 33.2 Å². The Kier molecular flexibility index (Phi) is 8.65. The van der Waals surface area contributed by atoms with Gasteiger partial charge < -0.3 is 23.8 Å². The highest BCUT2D eigenvalue weighted by Crippen LogP contribution is 2.45. The molecule has 7 nitrogen and oxygen atoms in total. The number of esters is 1. The lowest BCUT2D eigenvalue weighted by molar-refractivity contribution is -0.157. The Balaban J connectivity index is 2.03. The van der Waals surface area contributed by atoms with Gasteiger partial charge in [-0.05, 0) is 62.6 Å². The maximum atomic E-state index is 14.1. The lowest BCUT2D eigenvalue weighted by Crippen LogP contribution is -2.51. The maximum Gasteiger partial charge on any atom is 0.328 e. The van der Waals surface area contributed by atoms with Crippen molar-refractivity contribution in [3.8, 4) is 17.2 Å². The van der Waals surface area contributed by atoms with Gasteiger partial charge in [-0.1, -0.05) is 19.3 Å². The highest BCUT2D eigenvalue weighted by Gasteiger charge is 2.40. The van der Waals surface area contributed by atoms with Crippen molar-refractivity contribution in [1.29, 1.82) is 0 Å². The molecule has 32 heavy (non-hydrogen) atoms. The van der Waals surface area contributed by atoms with Gasteiger partial charge in [-0.25, -0.2) is 4.79 Å². The van der Waals surface area contributed by atoms with Crippen LogP contribution in [-0.2, 0) is 14.3 Å². The molecule has 1 amide bonds. The molecule has 1 aromatic rings. The number of piperidine rings is 1. The fourth-order valence-electron chi connectivity index (χ4n) is 5.22. The average Bonchev–Trinajstić information content (AvgIpc) is 2.84. The van der Waals surface area contributed by atoms with Crippen LogP contribution in [0, 0.1) is 5.92 Å². The molecule has 1 saturated heterocycles. The van der Waals surface area contributed by atoms with Gasteiger partial charge in [0.1, 0.15) is 6.04 Å². The molecule has 1 heterocycles. The fourth-order valence-corrected chi connectivity index (χ4v) is 5.22. The predicted molar refractivity (Wildman–Crippen MR) is 121 cm³/mol. The van der Waals surface area contributed by atoms with Crippen molar-refractivity contribution in [2.24, 2.45) is 5.92 Å². The van der Waals surface area contributed by atoms with Gasteiger partial charge in [-0.3, -0.25) is 4.79 Å². The molecule has 2 unspecified atom stereocenters. The Morgan fingerprint density at radius 2 is 1.56 bits per heavy atom. The van der Waals surface area contributed by atoms with Crippen LogP contribution in [0.5, 0.6) is 17.2 Å². The number of hydrogen-bond acceptors (Lipinski definition) is 6. The molecular weight excluding hydrogens is 410 g/mol. The molecule has 3 rings (SSSR count). The quantitative estimate of drug-likeness (QED) is 0.553. The van der Waals surface area contributed by atoms with E-state index in [1.165, 1.54) is 6.42 Å². The summed E-state index contributed by atoms with van der Waals surface area (Å²) in [5.41, 5.74) is 0.851. The number of likely N-dealkylation sites (tertiary alicyclic amines) is 1. The molecule has 2 aliphatic rings. The summed E-state index contributed by atoms with van der Waals surface area (Å²) in [6, 6.07) is 3.27. The van der Waals surface area contributed by atoms with E-state index in [9.17, 15) is 9.59 Å².